The number of rotatable bonds is 6. The number of nitrogens with zero attached hydrogens (tertiary/aromatic N) is 3. The van der Waals surface area contributed by atoms with Gasteiger partial charge in [-0.15, -0.1) is 0 Å². The summed E-state index contributed by atoms with van der Waals surface area (Å²) in [5.41, 5.74) is 1.64. The Balaban J connectivity index is 1.89. The first kappa shape index (κ1) is 20.8. The van der Waals surface area contributed by atoms with Gasteiger partial charge >= 0.3 is 0 Å². The summed E-state index contributed by atoms with van der Waals surface area (Å²) < 4.78 is 13.4. The minimum atomic E-state index is -0.386. The van der Waals surface area contributed by atoms with E-state index in [9.17, 15) is 14.0 Å². The van der Waals surface area contributed by atoms with Gasteiger partial charge in [-0.05, 0) is 49.8 Å². The third-order valence-corrected chi connectivity index (χ3v) is 5.38. The van der Waals surface area contributed by atoms with Crippen LogP contribution in [0.25, 0.3) is 6.08 Å². The molecule has 7 heteroatoms. The van der Waals surface area contributed by atoms with Crippen LogP contribution < -0.4 is 4.90 Å². The number of thioether (sulfide) groups is 1. The molecule has 29 heavy (non-hydrogen) atoms. The van der Waals surface area contributed by atoms with Crippen LogP contribution in [0.3, 0.4) is 0 Å². The maximum atomic E-state index is 13.4. The number of carbonyl (C=O) groups excluding carboxylic acids is 2. The van der Waals surface area contributed by atoms with Gasteiger partial charge < -0.3 is 4.90 Å². The maximum Gasteiger partial charge on any atom is 0.283 e. The molecule has 5 nitrogen and oxygen atoms in total. The molecule has 0 atom stereocenters. The Morgan fingerprint density at radius 3 is 2.38 bits per heavy atom. The summed E-state index contributed by atoms with van der Waals surface area (Å²) in [6.07, 6.45) is 1.71. The molecule has 0 saturated carbocycles. The van der Waals surface area contributed by atoms with Crippen LogP contribution in [0, 0.1) is 5.82 Å². The summed E-state index contributed by atoms with van der Waals surface area (Å²) in [5.74, 6) is -0.541. The summed E-state index contributed by atoms with van der Waals surface area (Å²) in [5, 5.41) is 0.407. The van der Waals surface area contributed by atoms with Gasteiger partial charge in [0.1, 0.15) is 11.5 Å². The number of aliphatic imine (C=N–C) groups is 1. The van der Waals surface area contributed by atoms with Crippen LogP contribution >= 0.6 is 11.8 Å². The fourth-order valence-electron chi connectivity index (χ4n) is 2.91. The molecule has 0 saturated heterocycles. The Morgan fingerprint density at radius 2 is 1.76 bits per heavy atom. The van der Waals surface area contributed by atoms with Gasteiger partial charge in [0.25, 0.3) is 5.91 Å². The fourth-order valence-corrected chi connectivity index (χ4v) is 3.83. The van der Waals surface area contributed by atoms with E-state index in [0.29, 0.717) is 23.9 Å². The highest BCUT2D eigenvalue weighted by Gasteiger charge is 2.32. The van der Waals surface area contributed by atoms with Crippen LogP contribution in [0.4, 0.5) is 10.1 Å². The number of amides is 2. The number of amidine groups is 1. The van der Waals surface area contributed by atoms with Crippen molar-refractivity contribution in [2.75, 3.05) is 23.7 Å². The topological polar surface area (TPSA) is 53.0 Å². The third kappa shape index (κ3) is 4.92. The van der Waals surface area contributed by atoms with E-state index in [2.05, 4.69) is 4.99 Å². The fraction of sp³-hybridized carbons (Fsp3) is 0.227. The number of anilines is 1. The summed E-state index contributed by atoms with van der Waals surface area (Å²) in [6, 6.07) is 15.1. The number of benzene rings is 2. The molecule has 0 aromatic heterocycles. The Bertz CT molecular complexity index is 938. The highest BCUT2D eigenvalue weighted by Crippen LogP contribution is 2.29. The van der Waals surface area contributed by atoms with E-state index in [-0.39, 0.29) is 29.1 Å². The lowest BCUT2D eigenvalue weighted by Gasteiger charge is -2.20. The van der Waals surface area contributed by atoms with Crippen LogP contribution in [-0.2, 0) is 9.59 Å². The Hall–Kier alpha value is -2.93. The van der Waals surface area contributed by atoms with Crippen molar-refractivity contribution in [1.29, 1.82) is 0 Å². The summed E-state index contributed by atoms with van der Waals surface area (Å²) in [4.78, 5) is 33.1. The largest absolute Gasteiger partial charge is 0.343 e. The lowest BCUT2D eigenvalue weighted by molar-refractivity contribution is -0.128. The molecule has 0 radical (unpaired) electrons. The molecule has 0 spiro atoms. The summed E-state index contributed by atoms with van der Waals surface area (Å²) >= 11 is 1.21. The van der Waals surface area contributed by atoms with E-state index >= 15 is 0 Å². The van der Waals surface area contributed by atoms with Crippen molar-refractivity contribution in [2.24, 2.45) is 4.99 Å². The van der Waals surface area contributed by atoms with Crippen molar-refractivity contribution in [2.45, 2.75) is 13.8 Å². The van der Waals surface area contributed by atoms with Crippen LogP contribution in [0.2, 0.25) is 0 Å². The van der Waals surface area contributed by atoms with E-state index in [1.165, 1.54) is 40.9 Å². The quantitative estimate of drug-likeness (QED) is 0.671. The SMILES string of the molecule is CCN(CC)C(=O)CSC1=NC(=Cc2ccccc2)C(=O)N1c1ccc(F)cc1. The number of hydrogen-bond acceptors (Lipinski definition) is 4. The second-order valence-electron chi connectivity index (χ2n) is 6.31. The average Bonchev–Trinajstić information content (AvgIpc) is 3.04. The minimum absolute atomic E-state index is 0.0188. The summed E-state index contributed by atoms with van der Waals surface area (Å²) in [7, 11) is 0. The lowest BCUT2D eigenvalue weighted by atomic mass is 10.2. The molecular weight excluding hydrogens is 389 g/mol. The van der Waals surface area contributed by atoms with Crippen molar-refractivity contribution >= 4 is 40.5 Å². The molecule has 2 aromatic rings. The van der Waals surface area contributed by atoms with Crippen molar-refractivity contribution in [3.8, 4) is 0 Å². The molecule has 0 unspecified atom stereocenters. The minimum Gasteiger partial charge on any atom is -0.343 e. The van der Waals surface area contributed by atoms with E-state index in [1.807, 2.05) is 44.2 Å². The molecule has 1 heterocycles. The van der Waals surface area contributed by atoms with Gasteiger partial charge in [0.05, 0.1) is 11.4 Å². The molecule has 2 aromatic carbocycles. The molecular formula is C22H22FN3O2S. The number of halogens is 1. The number of hydrogen-bond donors (Lipinski definition) is 0. The predicted octanol–water partition coefficient (Wildman–Crippen LogP) is 4.17. The highest BCUT2D eigenvalue weighted by molar-refractivity contribution is 8.14. The van der Waals surface area contributed by atoms with Gasteiger partial charge in [-0.2, -0.15) is 0 Å². The van der Waals surface area contributed by atoms with Gasteiger partial charge in [0, 0.05) is 13.1 Å². The van der Waals surface area contributed by atoms with Crippen molar-refractivity contribution < 1.29 is 14.0 Å². The average molecular weight is 412 g/mol. The molecule has 3 rings (SSSR count). The van der Waals surface area contributed by atoms with Gasteiger partial charge in [-0.25, -0.2) is 9.38 Å². The van der Waals surface area contributed by atoms with Gasteiger partial charge in [0.15, 0.2) is 5.17 Å². The molecule has 0 bridgehead atoms. The Labute approximate surface area is 173 Å². The van der Waals surface area contributed by atoms with Crippen LogP contribution in [-0.4, -0.2) is 40.7 Å². The molecule has 1 aliphatic rings. The standard InChI is InChI=1S/C22H22FN3O2S/c1-3-25(4-2)20(27)15-29-22-24-19(14-16-8-6-5-7-9-16)21(28)26(22)18-12-10-17(23)11-13-18/h5-14H,3-4,15H2,1-2H3. The smallest absolute Gasteiger partial charge is 0.283 e. The van der Waals surface area contributed by atoms with Crippen molar-refractivity contribution in [3.05, 3.63) is 71.7 Å². The molecule has 2 amide bonds. The highest BCUT2D eigenvalue weighted by atomic mass is 32.2. The number of carbonyl (C=O) groups is 2. The van der Waals surface area contributed by atoms with Crippen LogP contribution in [0.1, 0.15) is 19.4 Å². The Morgan fingerprint density at radius 1 is 1.10 bits per heavy atom. The van der Waals surface area contributed by atoms with Crippen molar-refractivity contribution in [1.82, 2.24) is 4.90 Å². The second-order valence-corrected chi connectivity index (χ2v) is 7.25. The molecule has 1 aliphatic heterocycles. The zero-order valence-electron chi connectivity index (χ0n) is 16.3. The van der Waals surface area contributed by atoms with Gasteiger partial charge in [-0.1, -0.05) is 42.1 Å². The first-order chi connectivity index (χ1) is 14.0. The zero-order valence-corrected chi connectivity index (χ0v) is 17.2. The monoisotopic (exact) mass is 411 g/mol. The van der Waals surface area contributed by atoms with Gasteiger partial charge in [-0.3, -0.25) is 14.5 Å². The van der Waals surface area contributed by atoms with Gasteiger partial charge in [0.2, 0.25) is 5.91 Å². The van der Waals surface area contributed by atoms with E-state index in [1.54, 1.807) is 11.0 Å². The molecule has 0 aliphatic carbocycles. The van der Waals surface area contributed by atoms with E-state index in [4.69, 9.17) is 0 Å². The second kappa shape index (κ2) is 9.52. The first-order valence-corrected chi connectivity index (χ1v) is 10.4. The van der Waals surface area contributed by atoms with E-state index in [0.717, 1.165) is 5.56 Å². The normalized spacial score (nSPS) is 15.0. The lowest BCUT2D eigenvalue weighted by Crippen LogP contribution is -2.34. The van der Waals surface area contributed by atoms with E-state index < -0.39 is 0 Å². The molecule has 0 fully saturated rings. The Kier molecular flexibility index (Phi) is 6.82. The zero-order chi connectivity index (χ0) is 20.8. The molecule has 150 valence electrons. The van der Waals surface area contributed by atoms with Crippen LogP contribution in [0.15, 0.2) is 65.3 Å². The molecule has 0 N–H and O–H groups in total. The van der Waals surface area contributed by atoms with Crippen molar-refractivity contribution in [3.63, 3.8) is 0 Å². The summed E-state index contributed by atoms with van der Waals surface area (Å²) in [6.45, 7) is 5.10. The third-order valence-electron chi connectivity index (χ3n) is 4.46. The maximum absolute atomic E-state index is 13.4. The van der Waals surface area contributed by atoms with Crippen LogP contribution in [0.5, 0.6) is 0 Å². The first-order valence-electron chi connectivity index (χ1n) is 9.39. The predicted molar refractivity (Wildman–Crippen MR) is 116 cm³/mol.